The van der Waals surface area contributed by atoms with Crippen molar-refractivity contribution >= 4 is 16.9 Å². The van der Waals surface area contributed by atoms with Gasteiger partial charge in [0.15, 0.2) is 11.2 Å². The van der Waals surface area contributed by atoms with E-state index in [0.29, 0.717) is 31.6 Å². The van der Waals surface area contributed by atoms with Crippen molar-refractivity contribution in [2.45, 2.75) is 85.4 Å². The van der Waals surface area contributed by atoms with Crippen LogP contribution in [0.5, 0.6) is 11.6 Å². The quantitative estimate of drug-likeness (QED) is 0.303. The molecule has 0 saturated carbocycles. The Labute approximate surface area is 220 Å². The van der Waals surface area contributed by atoms with E-state index in [1.54, 1.807) is 7.11 Å². The summed E-state index contributed by atoms with van der Waals surface area (Å²) in [6.45, 7) is 6.87. The van der Waals surface area contributed by atoms with E-state index in [-0.39, 0.29) is 47.0 Å². The zero-order chi connectivity index (χ0) is 27.4. The Morgan fingerprint density at radius 1 is 0.842 bits per heavy atom. The summed E-state index contributed by atoms with van der Waals surface area (Å²) in [7, 11) is 1.59. The number of unbranched alkanes of at least 4 members (excludes halogenated alkanes) is 3. The van der Waals surface area contributed by atoms with Crippen LogP contribution in [-0.2, 0) is 26.1 Å². The van der Waals surface area contributed by atoms with E-state index in [0.717, 1.165) is 31.2 Å². The molecule has 0 aliphatic rings. The minimum absolute atomic E-state index is 0.116. The molecule has 0 spiro atoms. The zero-order valence-electron chi connectivity index (χ0n) is 22.7. The second-order valence-electron chi connectivity index (χ2n) is 9.66. The van der Waals surface area contributed by atoms with Crippen molar-refractivity contribution in [1.82, 2.24) is 23.1 Å². The number of fused-ring (bicyclic) bond motifs is 3. The molecule has 0 bridgehead atoms. The van der Waals surface area contributed by atoms with Crippen LogP contribution in [0.2, 0.25) is 0 Å². The van der Waals surface area contributed by atoms with Gasteiger partial charge < -0.3 is 9.84 Å². The largest absolute Gasteiger partial charge is 0.497 e. The number of nitrogens with zero attached hydrogens (tertiary/aromatic N) is 5. The highest BCUT2D eigenvalue weighted by Crippen LogP contribution is 2.24. The molecule has 0 unspecified atom stereocenters. The molecule has 0 fully saturated rings. The van der Waals surface area contributed by atoms with Crippen LogP contribution >= 0.6 is 0 Å². The molecule has 0 saturated heterocycles. The van der Waals surface area contributed by atoms with Crippen LogP contribution in [0.4, 0.5) is 0 Å². The molecule has 0 amide bonds. The van der Waals surface area contributed by atoms with E-state index in [4.69, 9.17) is 4.74 Å². The number of benzene rings is 1. The van der Waals surface area contributed by atoms with Crippen LogP contribution in [0.1, 0.15) is 70.4 Å². The average Bonchev–Trinajstić information content (AvgIpc) is 3.32. The fraction of sp³-hybridized carbons (Fsp3) is 0.500. The van der Waals surface area contributed by atoms with Gasteiger partial charge in [-0.1, -0.05) is 52.2 Å². The maximum atomic E-state index is 13.7. The lowest BCUT2D eigenvalue weighted by Gasteiger charge is -2.14. The summed E-state index contributed by atoms with van der Waals surface area (Å²) in [6.07, 6.45) is 4.96. The first-order chi connectivity index (χ1) is 18.4. The number of aryl methyl sites for hydroxylation is 1. The predicted molar refractivity (Wildman–Crippen MR) is 148 cm³/mol. The SMILES string of the molecule is CCCCc1c(O)n2c3c(=O)n(CCCC)c(=O)n(CCCC)c3nc2n(Cc2ccc(OC)cc2)c1=O. The average molecular weight is 524 g/mol. The van der Waals surface area contributed by atoms with E-state index < -0.39 is 11.2 Å². The van der Waals surface area contributed by atoms with E-state index in [1.165, 1.54) is 18.1 Å². The van der Waals surface area contributed by atoms with Crippen molar-refractivity contribution in [2.75, 3.05) is 7.11 Å². The smallest absolute Gasteiger partial charge is 0.332 e. The number of imidazole rings is 1. The predicted octanol–water partition coefficient (Wildman–Crippen LogP) is 3.68. The highest BCUT2D eigenvalue weighted by molar-refractivity contribution is 5.76. The Morgan fingerprint density at radius 3 is 2.08 bits per heavy atom. The molecule has 3 heterocycles. The topological polar surface area (TPSA) is 113 Å². The molecule has 1 N–H and O–H groups in total. The first-order valence-electron chi connectivity index (χ1n) is 13.5. The molecule has 0 aliphatic heterocycles. The number of hydrogen-bond acceptors (Lipinski definition) is 6. The Bertz CT molecular complexity index is 1610. The lowest BCUT2D eigenvalue weighted by Crippen LogP contribution is -2.40. The van der Waals surface area contributed by atoms with Crippen molar-refractivity contribution in [3.63, 3.8) is 0 Å². The minimum atomic E-state index is -0.509. The highest BCUT2D eigenvalue weighted by atomic mass is 16.5. The highest BCUT2D eigenvalue weighted by Gasteiger charge is 2.25. The van der Waals surface area contributed by atoms with E-state index in [2.05, 4.69) is 4.98 Å². The maximum absolute atomic E-state index is 13.7. The number of aromatic nitrogens is 5. The Balaban J connectivity index is 2.10. The van der Waals surface area contributed by atoms with Gasteiger partial charge in [0, 0.05) is 13.1 Å². The molecule has 0 radical (unpaired) electrons. The van der Waals surface area contributed by atoms with Gasteiger partial charge in [0.05, 0.1) is 19.2 Å². The summed E-state index contributed by atoms with van der Waals surface area (Å²) in [5.74, 6) is 0.542. The summed E-state index contributed by atoms with van der Waals surface area (Å²) < 4.78 is 10.9. The third-order valence-corrected chi connectivity index (χ3v) is 6.98. The van der Waals surface area contributed by atoms with Crippen LogP contribution < -0.4 is 21.5 Å². The molecule has 1 aromatic carbocycles. The fourth-order valence-electron chi connectivity index (χ4n) is 4.75. The molecular weight excluding hydrogens is 486 g/mol. The van der Waals surface area contributed by atoms with Crippen LogP contribution in [0.25, 0.3) is 16.9 Å². The van der Waals surface area contributed by atoms with Crippen LogP contribution in [0.3, 0.4) is 0 Å². The maximum Gasteiger partial charge on any atom is 0.332 e. The monoisotopic (exact) mass is 523 g/mol. The first kappa shape index (κ1) is 27.2. The van der Waals surface area contributed by atoms with Gasteiger partial charge in [-0.15, -0.1) is 0 Å². The van der Waals surface area contributed by atoms with Crippen LogP contribution in [0.15, 0.2) is 38.6 Å². The van der Waals surface area contributed by atoms with Gasteiger partial charge >= 0.3 is 5.69 Å². The third-order valence-electron chi connectivity index (χ3n) is 6.98. The van der Waals surface area contributed by atoms with Gasteiger partial charge in [0.2, 0.25) is 11.7 Å². The summed E-state index contributed by atoms with van der Waals surface area (Å²) >= 11 is 0. The Morgan fingerprint density at radius 2 is 1.47 bits per heavy atom. The lowest BCUT2D eigenvalue weighted by molar-refractivity contribution is 0.414. The molecule has 204 valence electrons. The Hall–Kier alpha value is -3.82. The van der Waals surface area contributed by atoms with Crippen molar-refractivity contribution in [3.05, 3.63) is 66.6 Å². The molecule has 0 aliphatic carbocycles. The molecule has 3 aromatic heterocycles. The zero-order valence-corrected chi connectivity index (χ0v) is 22.7. The van der Waals surface area contributed by atoms with Crippen molar-refractivity contribution < 1.29 is 9.84 Å². The number of aromatic hydroxyl groups is 1. The second kappa shape index (κ2) is 11.7. The van der Waals surface area contributed by atoms with Gasteiger partial charge in [0.25, 0.3) is 11.1 Å². The summed E-state index contributed by atoms with van der Waals surface area (Å²) in [5, 5.41) is 11.4. The minimum Gasteiger partial charge on any atom is -0.497 e. The van der Waals surface area contributed by atoms with Crippen LogP contribution in [-0.4, -0.2) is 35.3 Å². The second-order valence-corrected chi connectivity index (χ2v) is 9.66. The third kappa shape index (κ3) is 4.87. The molecule has 10 heteroatoms. The van der Waals surface area contributed by atoms with Crippen molar-refractivity contribution in [3.8, 4) is 11.6 Å². The summed E-state index contributed by atoms with van der Waals surface area (Å²) in [4.78, 5) is 45.5. The van der Waals surface area contributed by atoms with E-state index in [9.17, 15) is 19.5 Å². The summed E-state index contributed by atoms with van der Waals surface area (Å²) in [5.41, 5.74) is 0.0873. The van der Waals surface area contributed by atoms with Gasteiger partial charge in [-0.3, -0.25) is 23.3 Å². The number of rotatable bonds is 12. The standard InChI is InChI=1S/C28H37N5O5/c1-5-8-11-21-24(34)32(18-19-12-14-20(38-4)15-13-19)27-29-23-22(33(27)25(21)35)26(36)31(17-10-7-3)28(37)30(23)16-9-6-2/h12-15,35H,5-11,16-18H2,1-4H3. The fourth-order valence-corrected chi connectivity index (χ4v) is 4.75. The van der Waals surface area contributed by atoms with Gasteiger partial charge in [-0.25, -0.2) is 9.20 Å². The van der Waals surface area contributed by atoms with Crippen molar-refractivity contribution in [1.29, 1.82) is 0 Å². The lowest BCUT2D eigenvalue weighted by atomic mass is 10.1. The molecule has 10 nitrogen and oxygen atoms in total. The van der Waals surface area contributed by atoms with Gasteiger partial charge in [0.1, 0.15) is 5.75 Å². The molecule has 4 rings (SSSR count). The van der Waals surface area contributed by atoms with E-state index in [1.807, 2.05) is 45.0 Å². The molecule has 0 atom stereocenters. The molecular formula is C28H37N5O5. The number of methoxy groups -OCH3 is 1. The normalized spacial score (nSPS) is 11.6. The molecule has 38 heavy (non-hydrogen) atoms. The van der Waals surface area contributed by atoms with Gasteiger partial charge in [-0.05, 0) is 43.4 Å². The Kier molecular flexibility index (Phi) is 8.38. The number of ether oxygens (including phenoxy) is 1. The van der Waals surface area contributed by atoms with Crippen LogP contribution in [0, 0.1) is 0 Å². The summed E-state index contributed by atoms with van der Waals surface area (Å²) in [6, 6.07) is 7.34. The molecule has 4 aromatic rings. The first-order valence-corrected chi connectivity index (χ1v) is 13.5. The van der Waals surface area contributed by atoms with E-state index >= 15 is 0 Å². The van der Waals surface area contributed by atoms with Gasteiger partial charge in [-0.2, -0.15) is 4.98 Å². The number of hydrogen-bond donors (Lipinski definition) is 1. The van der Waals surface area contributed by atoms with Crippen molar-refractivity contribution in [2.24, 2.45) is 0 Å².